The zero-order valence-corrected chi connectivity index (χ0v) is 29.4. The van der Waals surface area contributed by atoms with Gasteiger partial charge in [0, 0.05) is 28.9 Å². The summed E-state index contributed by atoms with van der Waals surface area (Å²) in [5, 5.41) is 31.3. The Morgan fingerprint density at radius 3 is 2.23 bits per heavy atom. The van der Waals surface area contributed by atoms with Gasteiger partial charge in [-0.25, -0.2) is 0 Å². The molecule has 3 rings (SSSR count). The van der Waals surface area contributed by atoms with E-state index in [2.05, 4.69) is 26.3 Å². The number of carbonyl (C=O) groups excluding carboxylic acids is 4. The number of aromatic hydroxyl groups is 1. The number of para-hydroxylation sites is 1. The molecule has 0 saturated carbocycles. The molecule has 1 heterocycles. The van der Waals surface area contributed by atoms with Crippen LogP contribution in [0.3, 0.4) is 0 Å². The number of amides is 4. The van der Waals surface area contributed by atoms with E-state index in [-0.39, 0.29) is 22.7 Å². The lowest BCUT2D eigenvalue weighted by Crippen LogP contribution is -2.58. The molecular weight excluding hydrogens is 653 g/mol. The van der Waals surface area contributed by atoms with Gasteiger partial charge in [0.05, 0.1) is 23.4 Å². The number of phenolic OH excluding ortho intramolecular Hbond substituents is 1. The summed E-state index contributed by atoms with van der Waals surface area (Å²) in [7, 11) is 2.94. The van der Waals surface area contributed by atoms with Crippen LogP contribution in [-0.4, -0.2) is 87.1 Å². The Morgan fingerprint density at radius 1 is 0.917 bits per heavy atom. The van der Waals surface area contributed by atoms with Crippen LogP contribution in [0.1, 0.15) is 55.7 Å². The van der Waals surface area contributed by atoms with Gasteiger partial charge in [-0.05, 0) is 49.2 Å². The van der Waals surface area contributed by atoms with Crippen molar-refractivity contribution in [2.24, 2.45) is 5.73 Å². The first-order valence-corrected chi connectivity index (χ1v) is 18.1. The van der Waals surface area contributed by atoms with Crippen LogP contribution in [0.15, 0.2) is 54.6 Å². The highest BCUT2D eigenvalue weighted by Crippen LogP contribution is 2.35. The van der Waals surface area contributed by atoms with Crippen molar-refractivity contribution in [3.8, 4) is 5.75 Å². The first kappa shape index (κ1) is 38.6. The molecule has 8 N–H and O–H groups in total. The molecule has 14 heteroatoms. The van der Waals surface area contributed by atoms with Crippen LogP contribution in [0.4, 0.5) is 0 Å². The van der Waals surface area contributed by atoms with Gasteiger partial charge in [-0.2, -0.15) is 0 Å². The maximum Gasteiger partial charge on any atom is 0.253 e. The van der Waals surface area contributed by atoms with Crippen molar-refractivity contribution >= 4 is 56.1 Å². The number of aliphatic hydroxyl groups is 1. The minimum atomic E-state index is -1.41. The van der Waals surface area contributed by atoms with Gasteiger partial charge in [0.1, 0.15) is 23.9 Å². The van der Waals surface area contributed by atoms with Gasteiger partial charge in [-0.15, -0.1) is 0 Å². The normalized spacial score (nSPS) is 13.3. The Labute approximate surface area is 289 Å². The number of aromatic nitrogens is 1. The number of pyridine rings is 1. The second-order valence-corrected chi connectivity index (χ2v) is 15.3. The van der Waals surface area contributed by atoms with Crippen LogP contribution in [-0.2, 0) is 27.2 Å². The van der Waals surface area contributed by atoms with Crippen molar-refractivity contribution in [3.05, 3.63) is 71.4 Å². The number of benzene rings is 2. The van der Waals surface area contributed by atoms with Gasteiger partial charge in [0.25, 0.3) is 5.91 Å². The molecule has 0 saturated heterocycles. The number of nitrogens with zero attached hydrogens (tertiary/aromatic N) is 1. The van der Waals surface area contributed by atoms with E-state index in [1.165, 1.54) is 22.9 Å². The van der Waals surface area contributed by atoms with E-state index in [0.29, 0.717) is 42.8 Å². The summed E-state index contributed by atoms with van der Waals surface area (Å²) < 4.78 is -0.127. The van der Waals surface area contributed by atoms with E-state index in [1.54, 1.807) is 29.0 Å². The minimum Gasteiger partial charge on any atom is -0.508 e. The zero-order chi connectivity index (χ0) is 35.3. The lowest BCUT2D eigenvalue weighted by Gasteiger charge is -2.25. The summed E-state index contributed by atoms with van der Waals surface area (Å²) in [6.45, 7) is 7.90. The number of fused-ring (bicyclic) bond motifs is 1. The lowest BCUT2D eigenvalue weighted by molar-refractivity contribution is -0.133. The fraction of sp³-hybridized carbons (Fsp3) is 0.441. The van der Waals surface area contributed by atoms with Crippen molar-refractivity contribution in [1.82, 2.24) is 26.3 Å². The average molecular weight is 699 g/mol. The third-order valence-electron chi connectivity index (χ3n) is 7.05. The molecule has 0 radical (unpaired) electrons. The highest BCUT2D eigenvalue weighted by molar-refractivity contribution is 8.77. The Balaban J connectivity index is 1.79. The fourth-order valence-electron chi connectivity index (χ4n) is 4.57. The highest BCUT2D eigenvalue weighted by atomic mass is 33.1. The van der Waals surface area contributed by atoms with Crippen molar-refractivity contribution < 1.29 is 29.4 Å². The topological polar surface area (TPSA) is 196 Å². The van der Waals surface area contributed by atoms with Gasteiger partial charge in [0.15, 0.2) is 0 Å². The third-order valence-corrected chi connectivity index (χ3v) is 10.4. The van der Waals surface area contributed by atoms with Crippen molar-refractivity contribution in [2.75, 3.05) is 25.4 Å². The van der Waals surface area contributed by atoms with E-state index < -0.39 is 48.4 Å². The largest absolute Gasteiger partial charge is 0.508 e. The van der Waals surface area contributed by atoms with Crippen molar-refractivity contribution in [2.45, 2.75) is 69.8 Å². The average Bonchev–Trinajstić information content (AvgIpc) is 3.05. The van der Waals surface area contributed by atoms with Gasteiger partial charge in [0.2, 0.25) is 17.7 Å². The quantitative estimate of drug-likeness (QED) is 0.0813. The standard InChI is InChI=1S/C34H46N6O6S2/c1-5-25-24(18-22-9-6-7-10-26(22)37-25)30(43)40-29(20-47-48-34(2,3)4)33(46)39-28(19-41)32(45)38-27(31(44)36-16-8-15-35)17-21-11-13-23(42)14-12-21/h6-7,9-14,18,27-29,41-42H,5,8,15-17,19-20,35H2,1-4H3,(H,36,44)(H,38,45)(H,39,46)(H,40,43)/t27-,28-,29+/m0/s1. The molecule has 260 valence electrons. The second-order valence-electron chi connectivity index (χ2n) is 12.1. The van der Waals surface area contributed by atoms with Crippen LogP contribution in [0.2, 0.25) is 0 Å². The number of hydrogen-bond acceptors (Lipinski definition) is 10. The van der Waals surface area contributed by atoms with Crippen LogP contribution < -0.4 is 27.0 Å². The van der Waals surface area contributed by atoms with Gasteiger partial charge in [-0.1, -0.05) is 79.6 Å². The first-order chi connectivity index (χ1) is 22.8. The van der Waals surface area contributed by atoms with Crippen molar-refractivity contribution in [3.63, 3.8) is 0 Å². The molecule has 0 aliphatic carbocycles. The molecule has 0 unspecified atom stereocenters. The second kappa shape index (κ2) is 18.6. The molecular formula is C34H46N6O6S2. The smallest absolute Gasteiger partial charge is 0.253 e. The molecule has 2 aromatic carbocycles. The summed E-state index contributed by atoms with van der Waals surface area (Å²) in [6, 6.07) is 11.9. The number of aryl methyl sites for hydroxylation is 1. The van der Waals surface area contributed by atoms with Gasteiger partial charge >= 0.3 is 0 Å². The molecule has 0 spiro atoms. The Kier molecular flexibility index (Phi) is 15.0. The number of carbonyl (C=O) groups is 4. The molecule has 0 bridgehead atoms. The maximum atomic E-state index is 13.7. The molecule has 1 aromatic heterocycles. The van der Waals surface area contributed by atoms with Crippen LogP contribution in [0, 0.1) is 0 Å². The summed E-state index contributed by atoms with van der Waals surface area (Å²) in [5.41, 5.74) is 7.90. The number of aliphatic hydroxyl groups excluding tert-OH is 1. The van der Waals surface area contributed by atoms with Crippen molar-refractivity contribution in [1.29, 1.82) is 0 Å². The van der Waals surface area contributed by atoms with Crippen LogP contribution in [0.25, 0.3) is 10.9 Å². The van der Waals surface area contributed by atoms with Crippen LogP contribution >= 0.6 is 21.6 Å². The maximum absolute atomic E-state index is 13.7. The molecule has 48 heavy (non-hydrogen) atoms. The number of rotatable bonds is 17. The molecule has 3 atom stereocenters. The van der Waals surface area contributed by atoms with E-state index in [1.807, 2.05) is 52.0 Å². The molecule has 4 amide bonds. The summed E-state index contributed by atoms with van der Waals surface area (Å²) in [5.74, 6) is -2.18. The number of nitrogens with two attached hydrogens (primary N) is 1. The minimum absolute atomic E-state index is 0.0540. The van der Waals surface area contributed by atoms with Gasteiger partial charge < -0.3 is 37.2 Å². The Bertz CT molecular complexity index is 1550. The molecule has 0 aliphatic heterocycles. The number of hydrogen-bond donors (Lipinski definition) is 7. The van der Waals surface area contributed by atoms with E-state index in [0.717, 1.165) is 10.9 Å². The predicted octanol–water partition coefficient (Wildman–Crippen LogP) is 2.45. The molecule has 3 aromatic rings. The molecule has 12 nitrogen and oxygen atoms in total. The SMILES string of the molecule is CCc1nc2ccccc2cc1C(=O)N[C@H](CSSC(C)(C)C)C(=O)N[C@@H](CO)C(=O)N[C@@H](Cc1ccc(O)cc1)C(=O)NCCCN. The third kappa shape index (κ3) is 12.0. The molecule has 0 aliphatic rings. The summed E-state index contributed by atoms with van der Waals surface area (Å²) in [6.07, 6.45) is 1.12. The Morgan fingerprint density at radius 2 is 1.58 bits per heavy atom. The zero-order valence-electron chi connectivity index (χ0n) is 27.7. The Hall–Kier alpha value is -3.85. The van der Waals surface area contributed by atoms with Crippen LogP contribution in [0.5, 0.6) is 5.75 Å². The first-order valence-electron chi connectivity index (χ1n) is 15.8. The highest BCUT2D eigenvalue weighted by Gasteiger charge is 2.30. The summed E-state index contributed by atoms with van der Waals surface area (Å²) in [4.78, 5) is 58.3. The monoisotopic (exact) mass is 698 g/mol. The molecule has 0 fully saturated rings. The predicted molar refractivity (Wildman–Crippen MR) is 192 cm³/mol. The summed E-state index contributed by atoms with van der Waals surface area (Å²) >= 11 is 0. The van der Waals surface area contributed by atoms with E-state index >= 15 is 0 Å². The van der Waals surface area contributed by atoms with E-state index in [4.69, 9.17) is 5.73 Å². The van der Waals surface area contributed by atoms with E-state index in [9.17, 15) is 29.4 Å². The van der Waals surface area contributed by atoms with Gasteiger partial charge in [-0.3, -0.25) is 24.2 Å². The lowest BCUT2D eigenvalue weighted by atomic mass is 10.0. The fourth-order valence-corrected chi connectivity index (χ4v) is 7.04. The number of phenols is 1. The number of nitrogens with one attached hydrogen (secondary N) is 4.